The van der Waals surface area contributed by atoms with E-state index in [9.17, 15) is 5.11 Å². The van der Waals surface area contributed by atoms with Crippen molar-refractivity contribution in [3.05, 3.63) is 23.5 Å². The van der Waals surface area contributed by atoms with E-state index in [0.29, 0.717) is 11.7 Å². The molecule has 18 heavy (non-hydrogen) atoms. The summed E-state index contributed by atoms with van der Waals surface area (Å²) in [6, 6.07) is 0. The molecular weight excluding hydrogens is 220 g/mol. The van der Waals surface area contributed by atoms with Gasteiger partial charge < -0.3 is 5.11 Å². The first-order valence-corrected chi connectivity index (χ1v) is 7.77. The first-order chi connectivity index (χ1) is 8.64. The summed E-state index contributed by atoms with van der Waals surface area (Å²) in [5, 5.41) is 10.2. The smallest absolute Gasteiger partial charge is 0.114 e. The molecule has 2 rings (SSSR count). The highest BCUT2D eigenvalue weighted by Crippen LogP contribution is 2.42. The highest BCUT2D eigenvalue weighted by Gasteiger charge is 2.29. The van der Waals surface area contributed by atoms with Gasteiger partial charge in [-0.05, 0) is 48.7 Å². The lowest BCUT2D eigenvalue weighted by atomic mass is 9.72. The lowest BCUT2D eigenvalue weighted by molar-refractivity contribution is 0.315. The summed E-state index contributed by atoms with van der Waals surface area (Å²) in [5.41, 5.74) is 1.55. The van der Waals surface area contributed by atoms with E-state index in [1.54, 1.807) is 0 Å². The van der Waals surface area contributed by atoms with Gasteiger partial charge in [0.15, 0.2) is 0 Å². The minimum atomic E-state index is 0.287. The quantitative estimate of drug-likeness (QED) is 0.693. The first-order valence-electron chi connectivity index (χ1n) is 7.77. The van der Waals surface area contributed by atoms with E-state index >= 15 is 0 Å². The van der Waals surface area contributed by atoms with Crippen LogP contribution < -0.4 is 0 Å². The normalized spacial score (nSPS) is 29.9. The average molecular weight is 248 g/mol. The van der Waals surface area contributed by atoms with E-state index in [2.05, 4.69) is 26.0 Å². The van der Waals surface area contributed by atoms with Crippen LogP contribution in [0.2, 0.25) is 0 Å². The Labute approximate surface area is 112 Å². The minimum absolute atomic E-state index is 0.287. The van der Waals surface area contributed by atoms with Gasteiger partial charge in [0, 0.05) is 0 Å². The molecule has 0 radical (unpaired) electrons. The Hall–Kier alpha value is -0.720. The summed E-state index contributed by atoms with van der Waals surface area (Å²) < 4.78 is 0. The van der Waals surface area contributed by atoms with Crippen LogP contribution in [0.15, 0.2) is 23.5 Å². The van der Waals surface area contributed by atoms with Crippen molar-refractivity contribution in [2.24, 2.45) is 11.3 Å². The van der Waals surface area contributed by atoms with Crippen molar-refractivity contribution in [2.45, 2.75) is 71.6 Å². The third kappa shape index (κ3) is 3.18. The number of unbranched alkanes of at least 4 members (excludes halogenated alkanes) is 1. The molecule has 2 aliphatic carbocycles. The summed E-state index contributed by atoms with van der Waals surface area (Å²) in [7, 11) is 0. The maximum Gasteiger partial charge on any atom is 0.114 e. The van der Waals surface area contributed by atoms with Crippen LogP contribution in [0.1, 0.15) is 71.6 Å². The first kappa shape index (κ1) is 13.7. The molecule has 1 nitrogen and oxygen atoms in total. The van der Waals surface area contributed by atoms with E-state index in [-0.39, 0.29) is 5.41 Å². The number of hydrogen-bond donors (Lipinski definition) is 1. The van der Waals surface area contributed by atoms with Gasteiger partial charge >= 0.3 is 0 Å². The summed E-state index contributed by atoms with van der Waals surface area (Å²) in [4.78, 5) is 0. The van der Waals surface area contributed by atoms with Crippen molar-refractivity contribution in [1.29, 1.82) is 0 Å². The molecule has 1 saturated carbocycles. The molecule has 1 unspecified atom stereocenters. The van der Waals surface area contributed by atoms with Crippen molar-refractivity contribution in [3.8, 4) is 0 Å². The summed E-state index contributed by atoms with van der Waals surface area (Å²) >= 11 is 0. The standard InChI is InChI=1S/C17H28O/c1-3-4-11-17(2)12-10-16(18)15(13-17)14-8-6-5-7-9-14/h10,13-14,18H,3-9,11-12H2,1-2H3. The predicted molar refractivity (Wildman–Crippen MR) is 77.6 cm³/mol. The highest BCUT2D eigenvalue weighted by atomic mass is 16.3. The fourth-order valence-corrected chi connectivity index (χ4v) is 3.45. The lowest BCUT2D eigenvalue weighted by Crippen LogP contribution is -2.21. The molecule has 0 saturated heterocycles. The van der Waals surface area contributed by atoms with Gasteiger partial charge in [-0.3, -0.25) is 0 Å². The third-order valence-electron chi connectivity index (χ3n) is 4.71. The zero-order valence-electron chi connectivity index (χ0n) is 12.0. The van der Waals surface area contributed by atoms with Crippen molar-refractivity contribution < 1.29 is 5.11 Å². The van der Waals surface area contributed by atoms with Gasteiger partial charge in [0.2, 0.25) is 0 Å². The second-order valence-electron chi connectivity index (χ2n) is 6.49. The van der Waals surface area contributed by atoms with Gasteiger partial charge in [-0.2, -0.15) is 0 Å². The summed E-state index contributed by atoms with van der Waals surface area (Å²) in [6.07, 6.45) is 15.9. The molecule has 0 aromatic heterocycles. The molecule has 0 amide bonds. The molecule has 1 N–H and O–H groups in total. The summed E-state index contributed by atoms with van der Waals surface area (Å²) in [6.45, 7) is 4.61. The van der Waals surface area contributed by atoms with Crippen LogP contribution in [0.4, 0.5) is 0 Å². The zero-order chi connectivity index (χ0) is 13.0. The molecule has 1 atom stereocenters. The van der Waals surface area contributed by atoms with E-state index < -0.39 is 0 Å². The molecular formula is C17H28O. The number of allylic oxidation sites excluding steroid dienone is 3. The zero-order valence-corrected chi connectivity index (χ0v) is 12.0. The largest absolute Gasteiger partial charge is 0.508 e. The number of aliphatic hydroxyl groups excluding tert-OH is 1. The SMILES string of the molecule is CCCCC1(C)C=C(C2CCCCC2)C(O)=CC1. The van der Waals surface area contributed by atoms with Crippen LogP contribution in [0.25, 0.3) is 0 Å². The van der Waals surface area contributed by atoms with Crippen molar-refractivity contribution in [1.82, 2.24) is 0 Å². The molecule has 2 aliphatic rings. The van der Waals surface area contributed by atoms with Gasteiger partial charge in [-0.15, -0.1) is 0 Å². The van der Waals surface area contributed by atoms with E-state index in [1.165, 1.54) is 56.9 Å². The van der Waals surface area contributed by atoms with Crippen LogP contribution >= 0.6 is 0 Å². The fourth-order valence-electron chi connectivity index (χ4n) is 3.45. The van der Waals surface area contributed by atoms with Gasteiger partial charge in [0.05, 0.1) is 0 Å². The van der Waals surface area contributed by atoms with Gasteiger partial charge in [-0.25, -0.2) is 0 Å². The average Bonchev–Trinajstić information content (AvgIpc) is 2.41. The second kappa shape index (κ2) is 5.95. The van der Waals surface area contributed by atoms with Gasteiger partial charge in [0.25, 0.3) is 0 Å². The molecule has 0 bridgehead atoms. The Morgan fingerprint density at radius 3 is 2.67 bits per heavy atom. The molecule has 0 heterocycles. The Balaban J connectivity index is 2.11. The molecule has 0 aliphatic heterocycles. The van der Waals surface area contributed by atoms with Crippen LogP contribution in [0.3, 0.4) is 0 Å². The lowest BCUT2D eigenvalue weighted by Gasteiger charge is -2.33. The second-order valence-corrected chi connectivity index (χ2v) is 6.49. The van der Waals surface area contributed by atoms with Crippen LogP contribution in [-0.2, 0) is 0 Å². The molecule has 102 valence electrons. The van der Waals surface area contributed by atoms with Crippen molar-refractivity contribution in [3.63, 3.8) is 0 Å². The van der Waals surface area contributed by atoms with E-state index in [1.807, 2.05) is 0 Å². The third-order valence-corrected chi connectivity index (χ3v) is 4.71. The van der Waals surface area contributed by atoms with Crippen molar-refractivity contribution >= 4 is 0 Å². The van der Waals surface area contributed by atoms with Crippen LogP contribution in [-0.4, -0.2) is 5.11 Å². The Morgan fingerprint density at radius 2 is 2.00 bits per heavy atom. The highest BCUT2D eigenvalue weighted by molar-refractivity contribution is 5.33. The Morgan fingerprint density at radius 1 is 1.28 bits per heavy atom. The number of aliphatic hydroxyl groups is 1. The molecule has 0 aromatic rings. The van der Waals surface area contributed by atoms with Crippen molar-refractivity contribution in [2.75, 3.05) is 0 Å². The minimum Gasteiger partial charge on any atom is -0.508 e. The molecule has 0 spiro atoms. The van der Waals surface area contributed by atoms with E-state index in [0.717, 1.165) is 6.42 Å². The van der Waals surface area contributed by atoms with Crippen LogP contribution in [0, 0.1) is 11.3 Å². The molecule has 0 aromatic carbocycles. The van der Waals surface area contributed by atoms with Gasteiger partial charge in [-0.1, -0.05) is 52.0 Å². The van der Waals surface area contributed by atoms with E-state index in [4.69, 9.17) is 0 Å². The fraction of sp³-hybridized carbons (Fsp3) is 0.765. The number of hydrogen-bond acceptors (Lipinski definition) is 1. The summed E-state index contributed by atoms with van der Waals surface area (Å²) in [5.74, 6) is 1.20. The van der Waals surface area contributed by atoms with Gasteiger partial charge in [0.1, 0.15) is 5.76 Å². The predicted octanol–water partition coefficient (Wildman–Crippen LogP) is 5.54. The maximum absolute atomic E-state index is 10.2. The monoisotopic (exact) mass is 248 g/mol. The topological polar surface area (TPSA) is 20.2 Å². The Kier molecular flexibility index (Phi) is 4.53. The molecule has 1 heteroatoms. The Bertz CT molecular complexity index is 334. The molecule has 1 fully saturated rings. The maximum atomic E-state index is 10.2. The number of rotatable bonds is 4. The van der Waals surface area contributed by atoms with Crippen LogP contribution in [0.5, 0.6) is 0 Å².